The van der Waals surface area contributed by atoms with Crippen molar-refractivity contribution in [1.82, 2.24) is 4.98 Å². The molecule has 0 amide bonds. The Morgan fingerprint density at radius 1 is 1.11 bits per heavy atom. The molecule has 0 radical (unpaired) electrons. The lowest BCUT2D eigenvalue weighted by atomic mass is 9.80. The van der Waals surface area contributed by atoms with E-state index in [1.807, 2.05) is 6.20 Å². The third-order valence-electron chi connectivity index (χ3n) is 4.29. The molecule has 0 saturated heterocycles. The van der Waals surface area contributed by atoms with Gasteiger partial charge in [-0.2, -0.15) is 0 Å². The van der Waals surface area contributed by atoms with E-state index in [9.17, 15) is 0 Å². The van der Waals surface area contributed by atoms with Gasteiger partial charge in [0.2, 0.25) is 0 Å². The van der Waals surface area contributed by atoms with Crippen molar-refractivity contribution in [2.75, 3.05) is 0 Å². The topological polar surface area (TPSA) is 12.9 Å². The van der Waals surface area contributed by atoms with Crippen molar-refractivity contribution in [2.24, 2.45) is 0 Å². The van der Waals surface area contributed by atoms with Crippen LogP contribution >= 0.6 is 0 Å². The summed E-state index contributed by atoms with van der Waals surface area (Å²) in [7, 11) is 0. The Morgan fingerprint density at radius 2 is 1.83 bits per heavy atom. The van der Waals surface area contributed by atoms with E-state index in [1.165, 1.54) is 47.7 Å². The zero-order chi connectivity index (χ0) is 12.7. The highest BCUT2D eigenvalue weighted by Gasteiger charge is 2.21. The van der Waals surface area contributed by atoms with Gasteiger partial charge in [0, 0.05) is 11.6 Å². The predicted molar refractivity (Wildman–Crippen MR) is 77.2 cm³/mol. The van der Waals surface area contributed by atoms with Gasteiger partial charge in [0.05, 0.1) is 5.52 Å². The fourth-order valence-electron chi connectivity index (χ4n) is 3.47. The summed E-state index contributed by atoms with van der Waals surface area (Å²) in [4.78, 5) is 4.67. The van der Waals surface area contributed by atoms with Crippen molar-refractivity contribution in [3.8, 4) is 0 Å². The van der Waals surface area contributed by atoms with E-state index in [-0.39, 0.29) is 0 Å². The van der Waals surface area contributed by atoms with Crippen LogP contribution in [-0.2, 0) is 12.8 Å². The van der Waals surface area contributed by atoms with Crippen LogP contribution in [0.5, 0.6) is 0 Å². The van der Waals surface area contributed by atoms with Crippen molar-refractivity contribution in [1.29, 1.82) is 0 Å². The maximum atomic E-state index is 4.67. The fraction of sp³-hybridized carbons (Fsp3) is 0.471. The van der Waals surface area contributed by atoms with E-state index in [1.54, 1.807) is 11.1 Å². The van der Waals surface area contributed by atoms with Gasteiger partial charge in [0.15, 0.2) is 0 Å². The number of hydrogen-bond acceptors (Lipinski definition) is 1. The van der Waals surface area contributed by atoms with E-state index >= 15 is 0 Å². The lowest BCUT2D eigenvalue weighted by Crippen LogP contribution is -2.11. The van der Waals surface area contributed by atoms with E-state index in [4.69, 9.17) is 0 Å². The summed E-state index contributed by atoms with van der Waals surface area (Å²) < 4.78 is 0. The van der Waals surface area contributed by atoms with Crippen molar-refractivity contribution < 1.29 is 0 Å². The van der Waals surface area contributed by atoms with Gasteiger partial charge >= 0.3 is 0 Å². The fourth-order valence-corrected chi connectivity index (χ4v) is 3.47. The smallest absolute Gasteiger partial charge is 0.0742 e. The van der Waals surface area contributed by atoms with Gasteiger partial charge < -0.3 is 0 Å². The molecule has 1 heteroatoms. The molecule has 0 atom stereocenters. The number of hydrogen-bond donors (Lipinski definition) is 0. The van der Waals surface area contributed by atoms with Gasteiger partial charge in [-0.3, -0.25) is 4.98 Å². The average molecular weight is 239 g/mol. The number of aromatic nitrogens is 1. The highest BCUT2D eigenvalue weighted by Crippen LogP contribution is 2.37. The minimum Gasteiger partial charge on any atom is -0.256 e. The zero-order valence-corrected chi connectivity index (χ0v) is 11.6. The number of aryl methyl sites for hydroxylation is 1. The van der Waals surface area contributed by atoms with Crippen LogP contribution in [0.1, 0.15) is 54.9 Å². The monoisotopic (exact) mass is 239 g/mol. The van der Waals surface area contributed by atoms with Crippen LogP contribution in [0.3, 0.4) is 0 Å². The Morgan fingerprint density at radius 3 is 2.56 bits per heavy atom. The van der Waals surface area contributed by atoms with Crippen molar-refractivity contribution in [2.45, 2.75) is 52.4 Å². The second-order valence-electron chi connectivity index (χ2n) is 5.76. The normalized spacial score (nSPS) is 15.1. The minimum atomic E-state index is 0.565. The van der Waals surface area contributed by atoms with Gasteiger partial charge in [-0.25, -0.2) is 0 Å². The second kappa shape index (κ2) is 4.38. The summed E-state index contributed by atoms with van der Waals surface area (Å²) in [5.74, 6) is 0.565. The molecule has 3 rings (SSSR count). The van der Waals surface area contributed by atoms with E-state index in [0.29, 0.717) is 5.92 Å². The van der Waals surface area contributed by atoms with Crippen molar-refractivity contribution in [3.63, 3.8) is 0 Å². The molecule has 1 aromatic carbocycles. The first-order chi connectivity index (χ1) is 8.70. The van der Waals surface area contributed by atoms with Gasteiger partial charge in [-0.15, -0.1) is 0 Å². The minimum absolute atomic E-state index is 0.565. The molecular weight excluding hydrogens is 218 g/mol. The molecule has 1 nitrogen and oxygen atoms in total. The first-order valence-electron chi connectivity index (χ1n) is 7.09. The third-order valence-corrected chi connectivity index (χ3v) is 4.29. The maximum absolute atomic E-state index is 4.67. The lowest BCUT2D eigenvalue weighted by Gasteiger charge is -2.25. The molecule has 0 saturated carbocycles. The summed E-state index contributed by atoms with van der Waals surface area (Å²) in [6, 6.07) is 4.30. The number of nitrogens with zero attached hydrogens (tertiary/aromatic N) is 1. The maximum Gasteiger partial charge on any atom is 0.0742 e. The van der Waals surface area contributed by atoms with Crippen LogP contribution in [0.15, 0.2) is 18.3 Å². The molecule has 94 valence electrons. The Bertz CT molecular complexity index is 596. The summed E-state index contributed by atoms with van der Waals surface area (Å²) in [5, 5.41) is 1.36. The largest absolute Gasteiger partial charge is 0.256 e. The first kappa shape index (κ1) is 11.7. The van der Waals surface area contributed by atoms with Gasteiger partial charge in [-0.1, -0.05) is 19.9 Å². The molecule has 1 aliphatic rings. The molecular formula is C17H21N. The molecule has 0 aliphatic heterocycles. The van der Waals surface area contributed by atoms with E-state index < -0.39 is 0 Å². The summed E-state index contributed by atoms with van der Waals surface area (Å²) in [6.07, 6.45) is 7.12. The number of rotatable bonds is 1. The van der Waals surface area contributed by atoms with Crippen LogP contribution in [0.4, 0.5) is 0 Å². The van der Waals surface area contributed by atoms with E-state index in [2.05, 4.69) is 37.9 Å². The highest BCUT2D eigenvalue weighted by molar-refractivity contribution is 5.88. The zero-order valence-electron chi connectivity index (χ0n) is 11.6. The van der Waals surface area contributed by atoms with Gasteiger partial charge in [-0.05, 0) is 66.8 Å². The van der Waals surface area contributed by atoms with Crippen LogP contribution in [-0.4, -0.2) is 4.98 Å². The number of pyridine rings is 1. The molecule has 2 aromatic rings. The Hall–Kier alpha value is -1.37. The molecule has 0 unspecified atom stereocenters. The molecule has 0 bridgehead atoms. The molecule has 1 aromatic heterocycles. The predicted octanol–water partition coefficient (Wildman–Crippen LogP) is 4.55. The van der Waals surface area contributed by atoms with Crippen LogP contribution in [0.2, 0.25) is 0 Å². The summed E-state index contributed by atoms with van der Waals surface area (Å²) in [5.41, 5.74) is 7.44. The molecule has 18 heavy (non-hydrogen) atoms. The number of benzene rings is 1. The van der Waals surface area contributed by atoms with Crippen LogP contribution in [0, 0.1) is 6.92 Å². The quantitative estimate of drug-likeness (QED) is 0.711. The van der Waals surface area contributed by atoms with Crippen LogP contribution < -0.4 is 0 Å². The van der Waals surface area contributed by atoms with Gasteiger partial charge in [0.1, 0.15) is 0 Å². The second-order valence-corrected chi connectivity index (χ2v) is 5.76. The van der Waals surface area contributed by atoms with Crippen molar-refractivity contribution in [3.05, 3.63) is 40.6 Å². The SMILES string of the molecule is Cc1c2c(c(C(C)C)c3ncccc13)CCCC2. The highest BCUT2D eigenvalue weighted by atomic mass is 14.7. The first-order valence-corrected chi connectivity index (χ1v) is 7.09. The molecule has 0 spiro atoms. The molecule has 1 aliphatic carbocycles. The standard InChI is InChI=1S/C17H21N/c1-11(2)16-15-8-5-4-7-13(15)12(3)14-9-6-10-18-17(14)16/h6,9-11H,4-5,7-8H2,1-3H3. The Balaban J connectivity index is 2.44. The van der Waals surface area contributed by atoms with Crippen molar-refractivity contribution >= 4 is 10.9 Å². The average Bonchev–Trinajstić information content (AvgIpc) is 2.39. The molecule has 0 fully saturated rings. The van der Waals surface area contributed by atoms with Crippen LogP contribution in [0.25, 0.3) is 10.9 Å². The molecule has 0 N–H and O–H groups in total. The van der Waals surface area contributed by atoms with E-state index in [0.717, 1.165) is 0 Å². The Kier molecular flexibility index (Phi) is 2.85. The Labute approximate surface area is 109 Å². The summed E-state index contributed by atoms with van der Waals surface area (Å²) >= 11 is 0. The lowest BCUT2D eigenvalue weighted by molar-refractivity contribution is 0.670. The number of fused-ring (bicyclic) bond motifs is 2. The van der Waals surface area contributed by atoms with Gasteiger partial charge in [0.25, 0.3) is 0 Å². The molecule has 1 heterocycles. The third kappa shape index (κ3) is 1.65. The summed E-state index contributed by atoms with van der Waals surface area (Å²) in [6.45, 7) is 6.87.